The molecule has 0 aliphatic heterocycles. The van der Waals surface area contributed by atoms with Crippen molar-refractivity contribution in [2.24, 2.45) is 0 Å². The monoisotopic (exact) mass is 800 g/mol. The van der Waals surface area contributed by atoms with Gasteiger partial charge in [-0.05, 0) is 132 Å². The van der Waals surface area contributed by atoms with E-state index in [2.05, 4.69) is 115 Å². The van der Waals surface area contributed by atoms with Gasteiger partial charge >= 0.3 is 0 Å². The zero-order valence-electron chi connectivity index (χ0n) is 35.5. The van der Waals surface area contributed by atoms with Crippen LogP contribution in [-0.4, -0.2) is 94.2 Å². The van der Waals surface area contributed by atoms with Crippen molar-refractivity contribution in [1.82, 2.24) is 0 Å². The van der Waals surface area contributed by atoms with Gasteiger partial charge in [0.25, 0.3) is 0 Å². The van der Waals surface area contributed by atoms with Crippen LogP contribution in [0, 0.1) is 0 Å². The van der Waals surface area contributed by atoms with Gasteiger partial charge in [0.15, 0.2) is 0 Å². The van der Waals surface area contributed by atoms with E-state index in [0.29, 0.717) is 33.2 Å². The lowest BCUT2D eigenvalue weighted by Gasteiger charge is -2.30. The van der Waals surface area contributed by atoms with E-state index in [9.17, 15) is 0 Å². The van der Waals surface area contributed by atoms with Crippen molar-refractivity contribution >= 4 is 235 Å². The molecule has 0 aliphatic carbocycles. The van der Waals surface area contributed by atoms with Gasteiger partial charge in [-0.1, -0.05) is 147 Å². The zero-order chi connectivity index (χ0) is 45.8. The molecule has 66 heavy (non-hydrogen) atoms. The fourth-order valence-electron chi connectivity index (χ4n) is 10.8. The van der Waals surface area contributed by atoms with E-state index in [1.165, 1.54) is 5.39 Å². The SMILES string of the molecule is [B]c1c([B])c([B])c(-c2cc(-c3ccc4ccc5cccc6ccc3c4c56)cc(-c3ccc4ccc5cccc6ccc3c4c56)c2-c2c([B])c([B])c3c([B])c([B])c([B])c([B])c3c2[B])c([B])c1[B]. The minimum Gasteiger partial charge on any atom is -0.112 e. The number of benzene rings is 12. The van der Waals surface area contributed by atoms with Gasteiger partial charge in [0.2, 0.25) is 0 Å². The number of hydrogen-bond donors (Lipinski definition) is 0. The van der Waals surface area contributed by atoms with Crippen molar-refractivity contribution in [3.8, 4) is 44.5 Å². The highest BCUT2D eigenvalue weighted by Crippen LogP contribution is 2.48. The highest BCUT2D eigenvalue weighted by molar-refractivity contribution is 6.73. The Morgan fingerprint density at radius 1 is 0.212 bits per heavy atom. The van der Waals surface area contributed by atoms with Gasteiger partial charge in [0.05, 0.1) is 0 Å². The van der Waals surface area contributed by atoms with Crippen LogP contribution in [0.4, 0.5) is 0 Å². The van der Waals surface area contributed by atoms with Gasteiger partial charge in [-0.15, -0.1) is 27.3 Å². The van der Waals surface area contributed by atoms with Crippen LogP contribution in [0.3, 0.4) is 0 Å². The Kier molecular flexibility index (Phi) is 9.13. The summed E-state index contributed by atoms with van der Waals surface area (Å²) in [7, 11) is 82.1. The molecule has 12 aromatic carbocycles. The molecule has 0 unspecified atom stereocenters. The maximum Gasteiger partial charge on any atom is 0.115 e. The molecule has 0 N–H and O–H groups in total. The van der Waals surface area contributed by atoms with E-state index in [0.717, 1.165) is 75.9 Å². The van der Waals surface area contributed by atoms with Crippen molar-refractivity contribution in [1.29, 1.82) is 0 Å². The van der Waals surface area contributed by atoms with Gasteiger partial charge in [0, 0.05) is 0 Å². The molecule has 0 aromatic heterocycles. The third kappa shape index (κ3) is 5.51. The van der Waals surface area contributed by atoms with Crippen LogP contribution in [-0.2, 0) is 0 Å². The van der Waals surface area contributed by atoms with Gasteiger partial charge in [0.1, 0.15) is 94.2 Å². The van der Waals surface area contributed by atoms with Gasteiger partial charge < -0.3 is 0 Å². The van der Waals surface area contributed by atoms with Crippen LogP contribution < -0.4 is 65.6 Å². The third-order valence-corrected chi connectivity index (χ3v) is 14.0. The van der Waals surface area contributed by atoms with Crippen molar-refractivity contribution in [2.75, 3.05) is 0 Å². The molecule has 24 radical (unpaired) electrons. The van der Waals surface area contributed by atoms with Gasteiger partial charge in [-0.3, -0.25) is 0 Å². The molecule has 272 valence electrons. The molecular formula is C54H20B12. The molecule has 0 bridgehead atoms. The number of rotatable bonds is 4. The summed E-state index contributed by atoms with van der Waals surface area (Å²) >= 11 is 0. The fourth-order valence-corrected chi connectivity index (χ4v) is 10.8. The maximum absolute atomic E-state index is 7.40. The van der Waals surface area contributed by atoms with E-state index in [-0.39, 0.29) is 70.9 Å². The van der Waals surface area contributed by atoms with E-state index >= 15 is 0 Å². The summed E-state index contributed by atoms with van der Waals surface area (Å²) in [4.78, 5) is 0. The minimum absolute atomic E-state index is 0.0611. The lowest BCUT2D eigenvalue weighted by atomic mass is 9.57. The van der Waals surface area contributed by atoms with E-state index in [4.69, 9.17) is 94.2 Å². The first-order valence-corrected chi connectivity index (χ1v) is 21.3. The molecule has 12 aromatic rings. The molecule has 12 heteroatoms. The zero-order valence-corrected chi connectivity index (χ0v) is 35.5. The van der Waals surface area contributed by atoms with Crippen LogP contribution >= 0.6 is 0 Å². The smallest absolute Gasteiger partial charge is 0.112 e. The first-order valence-electron chi connectivity index (χ1n) is 21.3. The molecule has 0 saturated carbocycles. The second kappa shape index (κ2) is 14.6. The lowest BCUT2D eigenvalue weighted by molar-refractivity contribution is 1.62. The van der Waals surface area contributed by atoms with Crippen molar-refractivity contribution in [3.63, 3.8) is 0 Å². The molecule has 0 atom stereocenters. The van der Waals surface area contributed by atoms with Crippen LogP contribution in [0.1, 0.15) is 0 Å². The third-order valence-electron chi connectivity index (χ3n) is 14.0. The van der Waals surface area contributed by atoms with Crippen LogP contribution in [0.15, 0.2) is 121 Å². The maximum atomic E-state index is 7.40. The van der Waals surface area contributed by atoms with Crippen molar-refractivity contribution in [3.05, 3.63) is 121 Å². The van der Waals surface area contributed by atoms with Crippen LogP contribution in [0.2, 0.25) is 0 Å². The molecule has 0 amide bonds. The number of fused-ring (bicyclic) bond motifs is 1. The Morgan fingerprint density at radius 2 is 0.561 bits per heavy atom. The lowest BCUT2D eigenvalue weighted by Crippen LogP contribution is -2.55. The first-order chi connectivity index (χ1) is 31.8. The molecule has 0 aliphatic rings. The topological polar surface area (TPSA) is 0 Å². The summed E-state index contributed by atoms with van der Waals surface area (Å²) in [6, 6.07) is 42.6. The molecule has 0 spiro atoms. The van der Waals surface area contributed by atoms with Gasteiger partial charge in [-0.2, -0.15) is 0 Å². The fraction of sp³-hybridized carbons (Fsp3) is 0. The quantitative estimate of drug-likeness (QED) is 0.183. The Hall–Kier alpha value is -6.24. The van der Waals surface area contributed by atoms with Crippen LogP contribution in [0.25, 0.3) is 120 Å². The summed E-state index contributed by atoms with van der Waals surface area (Å²) < 4.78 is 0. The number of hydrogen-bond acceptors (Lipinski definition) is 0. The summed E-state index contributed by atoms with van der Waals surface area (Å²) in [5, 5.41) is 13.8. The summed E-state index contributed by atoms with van der Waals surface area (Å²) in [6.07, 6.45) is 0. The summed E-state index contributed by atoms with van der Waals surface area (Å²) in [6.45, 7) is 0. The highest BCUT2D eigenvalue weighted by Gasteiger charge is 2.27. The van der Waals surface area contributed by atoms with Crippen molar-refractivity contribution < 1.29 is 0 Å². The normalized spacial score (nSPS) is 12.1. The summed E-state index contributed by atoms with van der Waals surface area (Å²) in [5.41, 5.74) is 6.13. The molecule has 0 nitrogen and oxygen atoms in total. The first kappa shape index (κ1) is 41.2. The summed E-state index contributed by atoms with van der Waals surface area (Å²) in [5.74, 6) is 0. The Labute approximate surface area is 398 Å². The Bertz CT molecular complexity index is 4080. The van der Waals surface area contributed by atoms with Gasteiger partial charge in [-0.25, -0.2) is 0 Å². The van der Waals surface area contributed by atoms with Crippen LogP contribution in [0.5, 0.6) is 0 Å². The second-order valence-electron chi connectivity index (χ2n) is 17.3. The predicted octanol–water partition coefficient (Wildman–Crippen LogP) is 0.828. The standard InChI is InChI=1S/C54H20B12/c55-43-40(46(58)47(59)42-41(43)48(60)52(64)53(65)49(42)61)38-32(29-16-12-26-10-8-22-4-2-6-24-14-18-31(29)37(26)35(22)24)19-27(20-33(38)39-44(56)50(62)54(66)51(63)45(39)57)28-15-11-25-9-7-21-3-1-5-23-13-17-30(28)36(25)34(21)23/h1-20H. The molecule has 12 rings (SSSR count). The largest absolute Gasteiger partial charge is 0.115 e. The van der Waals surface area contributed by atoms with E-state index < -0.39 is 0 Å². The Morgan fingerprint density at radius 3 is 1.08 bits per heavy atom. The minimum atomic E-state index is 0.0611. The average Bonchev–Trinajstić information content (AvgIpc) is 3.33. The average molecular weight is 798 g/mol. The second-order valence-corrected chi connectivity index (χ2v) is 17.3. The van der Waals surface area contributed by atoms with Crippen molar-refractivity contribution in [2.45, 2.75) is 0 Å². The molecule has 0 heterocycles. The van der Waals surface area contributed by atoms with E-state index in [1.54, 1.807) is 0 Å². The molecule has 0 fully saturated rings. The Balaban J connectivity index is 1.33. The molecular weight excluding hydrogens is 778 g/mol. The molecule has 0 saturated heterocycles. The van der Waals surface area contributed by atoms with E-state index in [1.807, 2.05) is 6.07 Å². The highest BCUT2D eigenvalue weighted by atomic mass is 14.3. The predicted molar refractivity (Wildman–Crippen MR) is 298 cm³/mol.